The van der Waals surface area contributed by atoms with E-state index in [1.807, 2.05) is 103 Å². The first kappa shape index (κ1) is 30.8. The Morgan fingerprint density at radius 3 is 2.20 bits per heavy atom. The molecule has 0 fully saturated rings. The van der Waals surface area contributed by atoms with Crippen LogP contribution in [0.4, 0.5) is 0 Å². The van der Waals surface area contributed by atoms with Gasteiger partial charge in [0.1, 0.15) is 22.4 Å². The van der Waals surface area contributed by atoms with Crippen molar-refractivity contribution < 1.29 is 35.0 Å². The fraction of sp³-hybridized carbons (Fsp3) is 0.0698. The number of para-hydroxylation sites is 3. The van der Waals surface area contributed by atoms with Crippen LogP contribution in [0, 0.1) is 6.07 Å². The van der Waals surface area contributed by atoms with Crippen molar-refractivity contribution >= 4 is 43.8 Å². The van der Waals surface area contributed by atoms with Crippen LogP contribution in [0.5, 0.6) is 5.75 Å². The Hall–Kier alpha value is -5.51. The van der Waals surface area contributed by atoms with Gasteiger partial charge in [-0.2, -0.15) is 0 Å². The first-order valence-electron chi connectivity index (χ1n) is 16.1. The van der Waals surface area contributed by atoms with Gasteiger partial charge in [-0.15, -0.1) is 35.9 Å². The third-order valence-electron chi connectivity index (χ3n) is 9.12. The molecule has 0 radical (unpaired) electrons. The minimum atomic E-state index is 0. The fourth-order valence-electron chi connectivity index (χ4n) is 6.69. The Morgan fingerprint density at radius 2 is 1.41 bits per heavy atom. The molecule has 9 rings (SSSR count). The summed E-state index contributed by atoms with van der Waals surface area (Å²) in [6, 6.07) is 45.5. The SMILES string of the molecule is CC(C)c1ccc2c(-c3[c-]cccc3)nc(-c3ccccc3-c3c(O)c(-c4nc5ccccc5o4)cc4c3oc3ccccc34)cc2c1.[Pt]. The standard InChI is InChI=1S/C43H29N2O3.Pt/c1-25(2)27-20-21-29-28(22-27)23-36(44-40(29)26-12-4-3-5-13-26)30-14-6-7-16-32(30)39-41(46)34(43-45-35-17-9-11-19-38(35)48-43)24-33-31-15-8-10-18-37(31)47-42(33)39;/h3-12,14-25,46H,1-2H3;/q-1;. The summed E-state index contributed by atoms with van der Waals surface area (Å²) in [7, 11) is 0. The van der Waals surface area contributed by atoms with Gasteiger partial charge in [-0.3, -0.25) is 4.98 Å². The maximum atomic E-state index is 12.2. The van der Waals surface area contributed by atoms with E-state index in [0.717, 1.165) is 60.7 Å². The minimum absolute atomic E-state index is 0. The van der Waals surface area contributed by atoms with Gasteiger partial charge < -0.3 is 13.9 Å². The van der Waals surface area contributed by atoms with Crippen molar-refractivity contribution in [1.82, 2.24) is 9.97 Å². The number of hydrogen-bond acceptors (Lipinski definition) is 5. The number of oxazole rings is 1. The summed E-state index contributed by atoms with van der Waals surface area (Å²) in [6.07, 6.45) is 0. The van der Waals surface area contributed by atoms with E-state index in [2.05, 4.69) is 44.2 Å². The molecule has 0 spiro atoms. The van der Waals surface area contributed by atoms with Crippen molar-refractivity contribution in [3.8, 4) is 50.8 Å². The summed E-state index contributed by atoms with van der Waals surface area (Å²) in [5, 5.41) is 16.2. The molecule has 3 aromatic heterocycles. The molecule has 1 N–H and O–H groups in total. The Labute approximate surface area is 297 Å². The second-order valence-corrected chi connectivity index (χ2v) is 12.4. The van der Waals surface area contributed by atoms with Crippen LogP contribution >= 0.6 is 0 Å². The fourth-order valence-corrected chi connectivity index (χ4v) is 6.69. The van der Waals surface area contributed by atoms with Crippen molar-refractivity contribution in [1.29, 1.82) is 0 Å². The Morgan fingerprint density at radius 1 is 0.653 bits per heavy atom. The number of rotatable bonds is 5. The van der Waals surface area contributed by atoms with Crippen LogP contribution in [0.1, 0.15) is 25.3 Å². The smallest absolute Gasteiger partial charge is 0.231 e. The van der Waals surface area contributed by atoms with Crippen LogP contribution in [-0.4, -0.2) is 15.1 Å². The van der Waals surface area contributed by atoms with Gasteiger partial charge >= 0.3 is 0 Å². The summed E-state index contributed by atoms with van der Waals surface area (Å²) in [5.74, 6) is 0.740. The number of fused-ring (bicyclic) bond motifs is 5. The molecule has 49 heavy (non-hydrogen) atoms. The quantitative estimate of drug-likeness (QED) is 0.175. The summed E-state index contributed by atoms with van der Waals surface area (Å²) in [4.78, 5) is 10.0. The van der Waals surface area contributed by atoms with Gasteiger partial charge in [0.05, 0.1) is 16.8 Å². The van der Waals surface area contributed by atoms with Gasteiger partial charge in [0, 0.05) is 37.4 Å². The van der Waals surface area contributed by atoms with Crippen LogP contribution in [0.25, 0.3) is 88.9 Å². The summed E-state index contributed by atoms with van der Waals surface area (Å²) < 4.78 is 12.7. The van der Waals surface area contributed by atoms with Crippen molar-refractivity contribution in [2.75, 3.05) is 0 Å². The van der Waals surface area contributed by atoms with E-state index in [4.69, 9.17) is 18.8 Å². The molecular formula is C43H29N2O3Pt-. The van der Waals surface area contributed by atoms with E-state index in [9.17, 15) is 5.11 Å². The van der Waals surface area contributed by atoms with Crippen LogP contribution in [0.2, 0.25) is 0 Å². The molecule has 0 aliphatic rings. The first-order valence-corrected chi connectivity index (χ1v) is 16.1. The van der Waals surface area contributed by atoms with Crippen LogP contribution in [-0.2, 0) is 21.1 Å². The van der Waals surface area contributed by atoms with Crippen molar-refractivity contribution in [2.24, 2.45) is 0 Å². The van der Waals surface area contributed by atoms with E-state index in [0.29, 0.717) is 34.1 Å². The van der Waals surface area contributed by atoms with Crippen LogP contribution < -0.4 is 0 Å². The van der Waals surface area contributed by atoms with E-state index >= 15 is 0 Å². The maximum Gasteiger partial charge on any atom is 0.231 e. The molecular weight excluding hydrogens is 788 g/mol. The zero-order chi connectivity index (χ0) is 32.4. The molecule has 0 bridgehead atoms. The topological polar surface area (TPSA) is 72.3 Å². The molecule has 6 heteroatoms. The number of furan rings is 1. The van der Waals surface area contributed by atoms with Gasteiger partial charge in [0.25, 0.3) is 0 Å². The van der Waals surface area contributed by atoms with Crippen LogP contribution in [0.3, 0.4) is 0 Å². The molecule has 0 aliphatic carbocycles. The predicted molar refractivity (Wildman–Crippen MR) is 193 cm³/mol. The van der Waals surface area contributed by atoms with Gasteiger partial charge in [-0.25, -0.2) is 4.98 Å². The summed E-state index contributed by atoms with van der Waals surface area (Å²) >= 11 is 0. The molecule has 0 atom stereocenters. The number of aromatic nitrogens is 2. The number of hydrogen-bond donors (Lipinski definition) is 1. The largest absolute Gasteiger partial charge is 0.506 e. The van der Waals surface area contributed by atoms with Crippen LogP contribution in [0.15, 0.2) is 136 Å². The number of benzene rings is 6. The molecule has 9 aromatic rings. The average Bonchev–Trinajstić information content (AvgIpc) is 3.72. The second-order valence-electron chi connectivity index (χ2n) is 12.4. The van der Waals surface area contributed by atoms with Crippen molar-refractivity contribution in [2.45, 2.75) is 19.8 Å². The van der Waals surface area contributed by atoms with E-state index < -0.39 is 0 Å². The molecule has 6 aromatic carbocycles. The van der Waals surface area contributed by atoms with Gasteiger partial charge in [0.15, 0.2) is 5.58 Å². The Kier molecular flexibility index (Phi) is 7.66. The van der Waals surface area contributed by atoms with E-state index in [-0.39, 0.29) is 26.8 Å². The second kappa shape index (κ2) is 12.2. The molecule has 0 unspecified atom stereocenters. The van der Waals surface area contributed by atoms with Gasteiger partial charge in [-0.1, -0.05) is 86.6 Å². The molecule has 3 heterocycles. The Balaban J connectivity index is 0.00000348. The van der Waals surface area contributed by atoms with E-state index in [1.54, 1.807) is 0 Å². The monoisotopic (exact) mass is 816 g/mol. The maximum absolute atomic E-state index is 12.2. The third kappa shape index (κ3) is 5.13. The molecule has 0 saturated carbocycles. The van der Waals surface area contributed by atoms with Crippen molar-refractivity contribution in [3.63, 3.8) is 0 Å². The number of phenolic OH excluding ortho intramolecular Hbond substituents is 1. The zero-order valence-electron chi connectivity index (χ0n) is 26.7. The summed E-state index contributed by atoms with van der Waals surface area (Å²) in [6.45, 7) is 4.41. The molecule has 240 valence electrons. The predicted octanol–water partition coefficient (Wildman–Crippen LogP) is 11.6. The zero-order valence-corrected chi connectivity index (χ0v) is 28.9. The van der Waals surface area contributed by atoms with Crippen molar-refractivity contribution in [3.05, 3.63) is 139 Å². The summed E-state index contributed by atoms with van der Waals surface area (Å²) in [5.41, 5.74) is 9.18. The van der Waals surface area contributed by atoms with E-state index in [1.165, 1.54) is 5.56 Å². The first-order chi connectivity index (χ1) is 23.5. The number of pyridine rings is 1. The molecule has 5 nitrogen and oxygen atoms in total. The number of phenols is 1. The van der Waals surface area contributed by atoms with Gasteiger partial charge in [0.2, 0.25) is 5.89 Å². The Bertz CT molecular complexity index is 2640. The number of nitrogens with zero attached hydrogens (tertiary/aromatic N) is 2. The molecule has 0 amide bonds. The normalized spacial score (nSPS) is 11.6. The number of aromatic hydroxyl groups is 1. The third-order valence-corrected chi connectivity index (χ3v) is 9.12. The van der Waals surface area contributed by atoms with Gasteiger partial charge in [-0.05, 0) is 63.8 Å². The molecule has 0 saturated heterocycles. The minimum Gasteiger partial charge on any atom is -0.506 e. The molecule has 0 aliphatic heterocycles. The average molecular weight is 817 g/mol.